The summed E-state index contributed by atoms with van der Waals surface area (Å²) in [5.41, 5.74) is 2.92. The van der Waals surface area contributed by atoms with Gasteiger partial charge in [-0.2, -0.15) is 0 Å². The van der Waals surface area contributed by atoms with Crippen LogP contribution in [0.3, 0.4) is 0 Å². The SMILES string of the molecule is O=C(CC1=NCCc2cc3c(cc21)OCO3)NCc1ccco1. The Labute approximate surface area is 133 Å². The lowest BCUT2D eigenvalue weighted by Gasteiger charge is -2.17. The van der Waals surface area contributed by atoms with E-state index in [1.165, 1.54) is 0 Å². The molecule has 1 N–H and O–H groups in total. The monoisotopic (exact) mass is 312 g/mol. The van der Waals surface area contributed by atoms with E-state index in [4.69, 9.17) is 13.9 Å². The van der Waals surface area contributed by atoms with E-state index >= 15 is 0 Å². The van der Waals surface area contributed by atoms with Crippen molar-refractivity contribution in [1.82, 2.24) is 5.32 Å². The van der Waals surface area contributed by atoms with Crippen LogP contribution in [0.15, 0.2) is 39.9 Å². The Morgan fingerprint density at radius 2 is 2.13 bits per heavy atom. The number of amides is 1. The molecule has 2 aliphatic rings. The molecule has 118 valence electrons. The van der Waals surface area contributed by atoms with Crippen LogP contribution in [0.2, 0.25) is 0 Å². The molecule has 1 amide bonds. The lowest BCUT2D eigenvalue weighted by molar-refractivity contribution is -0.120. The first-order valence-electron chi connectivity index (χ1n) is 7.55. The van der Waals surface area contributed by atoms with Gasteiger partial charge in [0.1, 0.15) is 5.76 Å². The lowest BCUT2D eigenvalue weighted by atomic mass is 9.95. The van der Waals surface area contributed by atoms with E-state index in [-0.39, 0.29) is 19.1 Å². The minimum Gasteiger partial charge on any atom is -0.467 e. The summed E-state index contributed by atoms with van der Waals surface area (Å²) < 4.78 is 16.0. The van der Waals surface area contributed by atoms with Crippen molar-refractivity contribution in [2.24, 2.45) is 4.99 Å². The van der Waals surface area contributed by atoms with Crippen molar-refractivity contribution in [1.29, 1.82) is 0 Å². The van der Waals surface area contributed by atoms with Gasteiger partial charge in [0, 0.05) is 12.1 Å². The molecule has 0 bridgehead atoms. The maximum absolute atomic E-state index is 12.2. The highest BCUT2D eigenvalue weighted by Gasteiger charge is 2.23. The van der Waals surface area contributed by atoms with Crippen molar-refractivity contribution < 1.29 is 18.7 Å². The highest BCUT2D eigenvalue weighted by Crippen LogP contribution is 2.36. The molecule has 6 heteroatoms. The summed E-state index contributed by atoms with van der Waals surface area (Å²) in [6.07, 6.45) is 2.68. The average Bonchev–Trinajstić information content (AvgIpc) is 3.22. The maximum atomic E-state index is 12.2. The second-order valence-electron chi connectivity index (χ2n) is 5.47. The molecular weight excluding hydrogens is 296 g/mol. The molecule has 0 radical (unpaired) electrons. The average molecular weight is 312 g/mol. The fraction of sp³-hybridized carbons (Fsp3) is 0.294. The number of aliphatic imine (C=N–C) groups is 1. The molecule has 0 unspecified atom stereocenters. The zero-order chi connectivity index (χ0) is 15.6. The number of fused-ring (bicyclic) bond motifs is 2. The van der Waals surface area contributed by atoms with E-state index < -0.39 is 0 Å². The Balaban J connectivity index is 1.47. The zero-order valence-corrected chi connectivity index (χ0v) is 12.5. The van der Waals surface area contributed by atoms with E-state index in [0.717, 1.165) is 34.8 Å². The quantitative estimate of drug-likeness (QED) is 0.938. The van der Waals surface area contributed by atoms with Gasteiger partial charge in [0.25, 0.3) is 0 Å². The number of carbonyl (C=O) groups is 1. The van der Waals surface area contributed by atoms with E-state index in [9.17, 15) is 4.79 Å². The lowest BCUT2D eigenvalue weighted by Crippen LogP contribution is -2.27. The first kappa shape index (κ1) is 13.9. The number of nitrogens with one attached hydrogen (secondary N) is 1. The zero-order valence-electron chi connectivity index (χ0n) is 12.5. The van der Waals surface area contributed by atoms with Gasteiger partial charge in [0.15, 0.2) is 11.5 Å². The first-order chi connectivity index (χ1) is 11.3. The van der Waals surface area contributed by atoms with Crippen molar-refractivity contribution in [3.05, 3.63) is 47.4 Å². The first-order valence-corrected chi connectivity index (χ1v) is 7.55. The maximum Gasteiger partial charge on any atom is 0.231 e. The number of rotatable bonds is 4. The van der Waals surface area contributed by atoms with Crippen LogP contribution < -0.4 is 14.8 Å². The summed E-state index contributed by atoms with van der Waals surface area (Å²) in [5, 5.41) is 2.85. The normalized spacial score (nSPS) is 15.0. The minimum atomic E-state index is -0.0781. The summed E-state index contributed by atoms with van der Waals surface area (Å²) in [6, 6.07) is 7.54. The number of nitrogens with zero attached hydrogens (tertiary/aromatic N) is 1. The van der Waals surface area contributed by atoms with Crippen molar-refractivity contribution in [2.75, 3.05) is 13.3 Å². The summed E-state index contributed by atoms with van der Waals surface area (Å²) in [4.78, 5) is 16.7. The topological polar surface area (TPSA) is 73.1 Å². The van der Waals surface area contributed by atoms with Gasteiger partial charge in [0.2, 0.25) is 12.7 Å². The molecule has 0 fully saturated rings. The Bertz CT molecular complexity index is 765. The van der Waals surface area contributed by atoms with Crippen molar-refractivity contribution in [3.63, 3.8) is 0 Å². The number of hydrogen-bond acceptors (Lipinski definition) is 5. The number of carbonyl (C=O) groups excluding carboxylic acids is 1. The molecule has 0 saturated heterocycles. The standard InChI is InChI=1S/C17H16N2O4/c20-17(19-9-12-2-1-5-21-12)8-14-13-7-16-15(22-10-23-16)6-11(13)3-4-18-14/h1-2,5-7H,3-4,8-10H2,(H,19,20). The van der Waals surface area contributed by atoms with Crippen LogP contribution in [0, 0.1) is 0 Å². The molecule has 0 saturated carbocycles. The third-order valence-corrected chi connectivity index (χ3v) is 3.96. The van der Waals surface area contributed by atoms with Crippen LogP contribution in [0.25, 0.3) is 0 Å². The van der Waals surface area contributed by atoms with E-state index in [2.05, 4.69) is 10.3 Å². The molecule has 1 aromatic carbocycles. The van der Waals surface area contributed by atoms with Gasteiger partial charge in [-0.1, -0.05) is 0 Å². The van der Waals surface area contributed by atoms with E-state index in [1.807, 2.05) is 18.2 Å². The van der Waals surface area contributed by atoms with Crippen molar-refractivity contribution in [2.45, 2.75) is 19.4 Å². The molecule has 2 aliphatic heterocycles. The smallest absolute Gasteiger partial charge is 0.231 e. The number of ether oxygens (including phenoxy) is 2. The Morgan fingerprint density at radius 1 is 1.26 bits per heavy atom. The van der Waals surface area contributed by atoms with Crippen LogP contribution in [0.5, 0.6) is 11.5 Å². The predicted octanol–water partition coefficient (Wildman–Crippen LogP) is 2.06. The van der Waals surface area contributed by atoms with Crippen LogP contribution in [-0.2, 0) is 17.8 Å². The molecule has 1 aromatic heterocycles. The Morgan fingerprint density at radius 3 is 2.96 bits per heavy atom. The second-order valence-corrected chi connectivity index (χ2v) is 5.47. The summed E-state index contributed by atoms with van der Waals surface area (Å²) in [6.45, 7) is 1.31. The molecule has 3 heterocycles. The molecule has 0 aliphatic carbocycles. The summed E-state index contributed by atoms with van der Waals surface area (Å²) in [5.74, 6) is 2.14. The fourth-order valence-corrected chi connectivity index (χ4v) is 2.82. The third kappa shape index (κ3) is 2.79. The van der Waals surface area contributed by atoms with E-state index in [1.54, 1.807) is 12.3 Å². The largest absolute Gasteiger partial charge is 0.467 e. The minimum absolute atomic E-state index is 0.0781. The third-order valence-electron chi connectivity index (χ3n) is 3.96. The summed E-state index contributed by atoms with van der Waals surface area (Å²) >= 11 is 0. The summed E-state index contributed by atoms with van der Waals surface area (Å²) in [7, 11) is 0. The van der Waals surface area contributed by atoms with Gasteiger partial charge in [-0.25, -0.2) is 0 Å². The highest BCUT2D eigenvalue weighted by atomic mass is 16.7. The van der Waals surface area contributed by atoms with Crippen LogP contribution in [0.1, 0.15) is 23.3 Å². The van der Waals surface area contributed by atoms with E-state index in [0.29, 0.717) is 18.8 Å². The molecule has 23 heavy (non-hydrogen) atoms. The van der Waals surface area contributed by atoms with Crippen LogP contribution in [0.4, 0.5) is 0 Å². The molecule has 4 rings (SSSR count). The number of hydrogen-bond donors (Lipinski definition) is 1. The highest BCUT2D eigenvalue weighted by molar-refractivity contribution is 6.12. The Kier molecular flexibility index (Phi) is 3.49. The Hall–Kier alpha value is -2.76. The van der Waals surface area contributed by atoms with Gasteiger partial charge in [-0.3, -0.25) is 9.79 Å². The molecule has 0 spiro atoms. The molecule has 0 atom stereocenters. The molecule has 6 nitrogen and oxygen atoms in total. The molecular formula is C17H16N2O4. The predicted molar refractivity (Wildman–Crippen MR) is 82.8 cm³/mol. The van der Waals surface area contributed by atoms with Crippen molar-refractivity contribution in [3.8, 4) is 11.5 Å². The number of benzene rings is 1. The molecule has 2 aromatic rings. The van der Waals surface area contributed by atoms with Gasteiger partial charge in [-0.15, -0.1) is 0 Å². The van der Waals surface area contributed by atoms with Gasteiger partial charge >= 0.3 is 0 Å². The van der Waals surface area contributed by atoms with Gasteiger partial charge < -0.3 is 19.2 Å². The van der Waals surface area contributed by atoms with Crippen molar-refractivity contribution >= 4 is 11.6 Å². The van der Waals surface area contributed by atoms with Gasteiger partial charge in [0.05, 0.1) is 24.9 Å². The fourth-order valence-electron chi connectivity index (χ4n) is 2.82. The van der Waals surface area contributed by atoms with Gasteiger partial charge in [-0.05, 0) is 36.2 Å². The van der Waals surface area contributed by atoms with Crippen LogP contribution in [-0.4, -0.2) is 25.0 Å². The van der Waals surface area contributed by atoms with Crippen LogP contribution >= 0.6 is 0 Å². The number of furan rings is 1. The second kappa shape index (κ2) is 5.79.